The number of hydrogen-bond acceptors (Lipinski definition) is 7. The summed E-state index contributed by atoms with van der Waals surface area (Å²) in [5, 5.41) is 7.62. The van der Waals surface area contributed by atoms with E-state index in [-0.39, 0.29) is 16.8 Å². The molecule has 1 fully saturated rings. The Hall–Kier alpha value is -3.08. The molecule has 0 unspecified atom stereocenters. The van der Waals surface area contributed by atoms with Crippen molar-refractivity contribution in [1.29, 1.82) is 0 Å². The summed E-state index contributed by atoms with van der Waals surface area (Å²) in [6.07, 6.45) is -3.87. The van der Waals surface area contributed by atoms with Crippen LogP contribution in [0.25, 0.3) is 0 Å². The van der Waals surface area contributed by atoms with E-state index in [1.807, 2.05) is 28.5 Å². The summed E-state index contributed by atoms with van der Waals surface area (Å²) in [4.78, 5) is 25.9. The second-order valence-electron chi connectivity index (χ2n) is 7.31. The van der Waals surface area contributed by atoms with E-state index in [0.717, 1.165) is 5.56 Å². The molecular formula is C19H17ClF3N5O3. The normalized spacial score (nSPS) is 17.3. The van der Waals surface area contributed by atoms with Crippen LogP contribution in [-0.2, 0) is 15.0 Å². The molecule has 0 radical (unpaired) electrons. The highest BCUT2D eigenvalue weighted by Crippen LogP contribution is 2.47. The molecule has 31 heavy (non-hydrogen) atoms. The standard InChI is InChI=1S/C19H17ClF3N5O3/c20-15-12(10-24-26-16(15)27-25-14(29)9-19(21,22)23)28-7-5-18(6-8-28)11-3-1-2-4-13(11)31-17(18)30/h1-4,10H,5-9H2,(H,25,29)(H,26,27). The minimum atomic E-state index is -4.63. The fourth-order valence-corrected chi connectivity index (χ4v) is 4.13. The van der Waals surface area contributed by atoms with Crippen LogP contribution < -0.4 is 20.5 Å². The molecule has 0 bridgehead atoms. The zero-order chi connectivity index (χ0) is 22.2. The van der Waals surface area contributed by atoms with Crippen LogP contribution in [0, 0.1) is 0 Å². The number of para-hydroxylation sites is 1. The number of nitrogens with one attached hydrogen (secondary N) is 2. The molecular weight excluding hydrogens is 439 g/mol. The van der Waals surface area contributed by atoms with Gasteiger partial charge in [-0.25, -0.2) is 0 Å². The maximum Gasteiger partial charge on any atom is 0.397 e. The molecule has 2 N–H and O–H groups in total. The number of anilines is 2. The number of nitrogens with zero attached hydrogens (tertiary/aromatic N) is 3. The Labute approximate surface area is 179 Å². The van der Waals surface area contributed by atoms with Crippen molar-refractivity contribution in [3.63, 3.8) is 0 Å². The number of halogens is 4. The Bertz CT molecular complexity index is 1030. The molecule has 1 aromatic heterocycles. The van der Waals surface area contributed by atoms with Crippen molar-refractivity contribution in [3.05, 3.63) is 41.0 Å². The van der Waals surface area contributed by atoms with E-state index in [0.29, 0.717) is 37.4 Å². The first-order chi connectivity index (χ1) is 14.7. The van der Waals surface area contributed by atoms with Gasteiger partial charge in [-0.05, 0) is 18.9 Å². The Balaban J connectivity index is 1.46. The molecule has 8 nitrogen and oxygen atoms in total. The summed E-state index contributed by atoms with van der Waals surface area (Å²) < 4.78 is 42.3. The highest BCUT2D eigenvalue weighted by atomic mass is 35.5. The largest absolute Gasteiger partial charge is 0.426 e. The van der Waals surface area contributed by atoms with Crippen LogP contribution in [0.5, 0.6) is 5.75 Å². The number of hydrazine groups is 1. The van der Waals surface area contributed by atoms with Gasteiger partial charge < -0.3 is 9.64 Å². The van der Waals surface area contributed by atoms with Crippen LogP contribution in [0.4, 0.5) is 24.7 Å². The summed E-state index contributed by atoms with van der Waals surface area (Å²) in [6.45, 7) is 0.934. The van der Waals surface area contributed by atoms with Gasteiger partial charge >= 0.3 is 12.1 Å². The number of esters is 1. The molecule has 0 saturated carbocycles. The van der Waals surface area contributed by atoms with Crippen molar-refractivity contribution in [2.45, 2.75) is 30.9 Å². The Kier molecular flexibility index (Phi) is 5.38. The Morgan fingerprint density at radius 2 is 1.97 bits per heavy atom. The molecule has 3 heterocycles. The van der Waals surface area contributed by atoms with E-state index in [9.17, 15) is 22.8 Å². The number of carbonyl (C=O) groups excluding carboxylic acids is 2. The van der Waals surface area contributed by atoms with E-state index in [1.54, 1.807) is 6.07 Å². The summed E-state index contributed by atoms with van der Waals surface area (Å²) in [5.41, 5.74) is 4.82. The van der Waals surface area contributed by atoms with Gasteiger partial charge in [0.2, 0.25) is 5.91 Å². The third kappa shape index (κ3) is 4.09. The topological polar surface area (TPSA) is 96.5 Å². The van der Waals surface area contributed by atoms with E-state index in [4.69, 9.17) is 16.3 Å². The monoisotopic (exact) mass is 455 g/mol. The fraction of sp³-hybridized carbons (Fsp3) is 0.368. The number of amides is 1. The predicted octanol–water partition coefficient (Wildman–Crippen LogP) is 2.98. The molecule has 164 valence electrons. The lowest BCUT2D eigenvalue weighted by molar-refractivity contribution is -0.153. The summed E-state index contributed by atoms with van der Waals surface area (Å²) in [5.74, 6) is -1.07. The first-order valence-electron chi connectivity index (χ1n) is 9.39. The average molecular weight is 456 g/mol. The number of benzene rings is 1. The highest BCUT2D eigenvalue weighted by Gasteiger charge is 2.50. The second kappa shape index (κ2) is 7.88. The van der Waals surface area contributed by atoms with Crippen LogP contribution in [0.2, 0.25) is 5.02 Å². The Morgan fingerprint density at radius 3 is 2.68 bits per heavy atom. The van der Waals surface area contributed by atoms with E-state index in [2.05, 4.69) is 15.6 Å². The lowest BCUT2D eigenvalue weighted by atomic mass is 9.74. The van der Waals surface area contributed by atoms with Crippen molar-refractivity contribution in [2.24, 2.45) is 0 Å². The third-order valence-electron chi connectivity index (χ3n) is 5.41. The average Bonchev–Trinajstić information content (AvgIpc) is 2.98. The molecule has 1 spiro atoms. The van der Waals surface area contributed by atoms with E-state index >= 15 is 0 Å². The van der Waals surface area contributed by atoms with Crippen LogP contribution in [-0.4, -0.2) is 41.3 Å². The molecule has 4 rings (SSSR count). The number of alkyl halides is 3. The minimum Gasteiger partial charge on any atom is -0.426 e. The van der Waals surface area contributed by atoms with Gasteiger partial charge in [-0.2, -0.15) is 18.3 Å². The number of piperidine rings is 1. The van der Waals surface area contributed by atoms with Gasteiger partial charge in [0.05, 0.1) is 11.9 Å². The molecule has 12 heteroatoms. The van der Waals surface area contributed by atoms with Crippen LogP contribution in [0.3, 0.4) is 0 Å². The van der Waals surface area contributed by atoms with Gasteiger partial charge in [-0.1, -0.05) is 29.8 Å². The molecule has 0 atom stereocenters. The van der Waals surface area contributed by atoms with Crippen molar-refractivity contribution < 1.29 is 27.5 Å². The van der Waals surface area contributed by atoms with E-state index < -0.39 is 23.9 Å². The first-order valence-corrected chi connectivity index (χ1v) is 9.77. The Morgan fingerprint density at radius 1 is 1.26 bits per heavy atom. The van der Waals surface area contributed by atoms with Crippen LogP contribution >= 0.6 is 11.6 Å². The molecule has 1 saturated heterocycles. The molecule has 2 aliphatic rings. The SMILES string of the molecule is O=C(CC(F)(F)F)NNc1nncc(N2CCC3(CC2)C(=O)Oc2ccccc23)c1Cl. The van der Waals surface area contributed by atoms with Gasteiger partial charge in [0.15, 0.2) is 5.82 Å². The molecule has 1 amide bonds. The molecule has 0 aliphatic carbocycles. The first kappa shape index (κ1) is 21.2. The molecule has 1 aromatic carbocycles. The number of rotatable bonds is 4. The van der Waals surface area contributed by atoms with Gasteiger partial charge in [0.1, 0.15) is 22.6 Å². The summed E-state index contributed by atoms with van der Waals surface area (Å²) in [7, 11) is 0. The van der Waals surface area contributed by atoms with Gasteiger partial charge in [-0.3, -0.25) is 20.4 Å². The number of hydrogen-bond donors (Lipinski definition) is 2. The van der Waals surface area contributed by atoms with Crippen molar-refractivity contribution in [3.8, 4) is 5.75 Å². The van der Waals surface area contributed by atoms with E-state index in [1.165, 1.54) is 6.20 Å². The van der Waals surface area contributed by atoms with Gasteiger partial charge in [0, 0.05) is 18.7 Å². The third-order valence-corrected chi connectivity index (χ3v) is 5.78. The lowest BCUT2D eigenvalue weighted by Crippen LogP contribution is -2.46. The van der Waals surface area contributed by atoms with Crippen LogP contribution in [0.15, 0.2) is 30.5 Å². The lowest BCUT2D eigenvalue weighted by Gasteiger charge is -2.38. The second-order valence-corrected chi connectivity index (χ2v) is 7.69. The maximum absolute atomic E-state index is 12.6. The van der Waals surface area contributed by atoms with Crippen LogP contribution in [0.1, 0.15) is 24.8 Å². The number of aromatic nitrogens is 2. The zero-order valence-electron chi connectivity index (χ0n) is 16.0. The highest BCUT2D eigenvalue weighted by molar-refractivity contribution is 6.35. The molecule has 2 aromatic rings. The van der Waals surface area contributed by atoms with Crippen molar-refractivity contribution >= 4 is 35.0 Å². The van der Waals surface area contributed by atoms with Crippen molar-refractivity contribution in [1.82, 2.24) is 15.6 Å². The quantitative estimate of drug-likeness (QED) is 0.415. The zero-order valence-corrected chi connectivity index (χ0v) is 16.8. The number of ether oxygens (including phenoxy) is 1. The summed E-state index contributed by atoms with van der Waals surface area (Å²) >= 11 is 6.35. The molecule has 2 aliphatic heterocycles. The smallest absolute Gasteiger partial charge is 0.397 e. The minimum absolute atomic E-state index is 0.0828. The number of carbonyl (C=O) groups is 2. The maximum atomic E-state index is 12.6. The number of fused-ring (bicyclic) bond motifs is 2. The fourth-order valence-electron chi connectivity index (χ4n) is 3.88. The summed E-state index contributed by atoms with van der Waals surface area (Å²) in [6, 6.07) is 7.33. The van der Waals surface area contributed by atoms with Gasteiger partial charge in [-0.15, -0.1) is 5.10 Å². The van der Waals surface area contributed by atoms with Gasteiger partial charge in [0.25, 0.3) is 0 Å². The predicted molar refractivity (Wildman–Crippen MR) is 105 cm³/mol. The van der Waals surface area contributed by atoms with Crippen molar-refractivity contribution in [2.75, 3.05) is 23.4 Å².